The van der Waals surface area contributed by atoms with Crippen molar-refractivity contribution in [1.29, 1.82) is 0 Å². The number of aromatic hydroxyl groups is 1. The third kappa shape index (κ3) is 2.89. The first-order valence-corrected chi connectivity index (χ1v) is 5.57. The third-order valence-corrected chi connectivity index (χ3v) is 3.03. The minimum Gasteiger partial charge on any atom is -0.508 e. The van der Waals surface area contributed by atoms with E-state index in [2.05, 4.69) is 0 Å². The van der Waals surface area contributed by atoms with E-state index < -0.39 is 29.5 Å². The molecule has 0 aliphatic rings. The van der Waals surface area contributed by atoms with Crippen LogP contribution in [0.15, 0.2) is 36.4 Å². The number of phenolic OH excluding ortho intramolecular Hbond substituents is 1. The lowest BCUT2D eigenvalue weighted by Crippen LogP contribution is -2.45. The van der Waals surface area contributed by atoms with E-state index in [1.807, 2.05) is 0 Å². The first kappa shape index (κ1) is 17.5. The van der Waals surface area contributed by atoms with Crippen LogP contribution in [0.4, 0.5) is 22.0 Å². The van der Waals surface area contributed by atoms with E-state index >= 15 is 0 Å². The molecule has 2 nitrogen and oxygen atoms in total. The number of rotatable bonds is 2. The van der Waals surface area contributed by atoms with Crippen LogP contribution >= 0.6 is 12.4 Å². The molecule has 0 bridgehead atoms. The van der Waals surface area contributed by atoms with Crippen molar-refractivity contribution in [2.45, 2.75) is 18.1 Å². The molecule has 0 radical (unpaired) electrons. The van der Waals surface area contributed by atoms with Gasteiger partial charge in [-0.25, -0.2) is 0 Å². The van der Waals surface area contributed by atoms with Crippen LogP contribution in [0.5, 0.6) is 5.75 Å². The number of benzene rings is 2. The van der Waals surface area contributed by atoms with Gasteiger partial charge in [-0.3, -0.25) is 0 Å². The Balaban J connectivity index is 0.00000220. The molecule has 0 aromatic heterocycles. The molecular formula is C13H11ClF5NO. The van der Waals surface area contributed by atoms with Crippen molar-refractivity contribution in [2.75, 3.05) is 0 Å². The molecule has 2 aromatic carbocycles. The van der Waals surface area contributed by atoms with Gasteiger partial charge in [-0.1, -0.05) is 30.3 Å². The van der Waals surface area contributed by atoms with Gasteiger partial charge < -0.3 is 10.8 Å². The van der Waals surface area contributed by atoms with E-state index in [4.69, 9.17) is 5.73 Å². The zero-order valence-electron chi connectivity index (χ0n) is 10.4. The predicted octanol–water partition coefficient (Wildman–Crippen LogP) is 4.16. The molecule has 0 fully saturated rings. The summed E-state index contributed by atoms with van der Waals surface area (Å²) in [4.78, 5) is 0. The molecule has 116 valence electrons. The van der Waals surface area contributed by atoms with Gasteiger partial charge in [-0.05, 0) is 16.8 Å². The van der Waals surface area contributed by atoms with E-state index in [1.165, 1.54) is 24.3 Å². The van der Waals surface area contributed by atoms with E-state index in [9.17, 15) is 27.1 Å². The molecule has 0 saturated heterocycles. The molecule has 0 heterocycles. The molecule has 0 amide bonds. The summed E-state index contributed by atoms with van der Waals surface area (Å²) >= 11 is 0. The number of hydrogen-bond acceptors (Lipinski definition) is 2. The van der Waals surface area contributed by atoms with E-state index in [1.54, 1.807) is 6.07 Å². The Morgan fingerprint density at radius 2 is 1.52 bits per heavy atom. The van der Waals surface area contributed by atoms with Crippen LogP contribution in [0.2, 0.25) is 0 Å². The van der Waals surface area contributed by atoms with Gasteiger partial charge in [0, 0.05) is 5.56 Å². The van der Waals surface area contributed by atoms with E-state index in [-0.39, 0.29) is 17.8 Å². The quantitative estimate of drug-likeness (QED) is 0.813. The molecule has 3 N–H and O–H groups in total. The summed E-state index contributed by atoms with van der Waals surface area (Å²) in [5, 5.41) is 10.1. The summed E-state index contributed by atoms with van der Waals surface area (Å²) in [5.41, 5.74) is 4.48. The Bertz CT molecular complexity index is 644. The second kappa shape index (κ2) is 5.65. The molecule has 21 heavy (non-hydrogen) atoms. The molecule has 0 saturated carbocycles. The Hall–Kier alpha value is -1.60. The summed E-state index contributed by atoms with van der Waals surface area (Å²) in [7, 11) is 0. The maximum absolute atomic E-state index is 13.4. The van der Waals surface area contributed by atoms with Crippen LogP contribution in [-0.2, 0) is 0 Å². The standard InChI is InChI=1S/C13H10F5NO.ClH/c14-12(15,13(16,17)18)11(19)10-8-4-2-1-3-7(8)5-6-9(10)20;/h1-6,11,20H,19H2;1H/t11-;/m1./s1. The predicted molar refractivity (Wildman–Crippen MR) is 70.8 cm³/mol. The second-order valence-corrected chi connectivity index (χ2v) is 4.32. The number of halogens is 6. The number of phenols is 1. The number of fused-ring (bicyclic) bond motifs is 1. The molecule has 1 atom stereocenters. The molecular weight excluding hydrogens is 317 g/mol. The fraction of sp³-hybridized carbons (Fsp3) is 0.231. The number of nitrogens with two attached hydrogens (primary N) is 1. The van der Waals surface area contributed by atoms with Gasteiger partial charge in [0.05, 0.1) is 0 Å². The molecule has 0 unspecified atom stereocenters. The monoisotopic (exact) mass is 327 g/mol. The Morgan fingerprint density at radius 1 is 0.952 bits per heavy atom. The average Bonchev–Trinajstić information content (AvgIpc) is 2.36. The molecule has 2 aromatic rings. The molecule has 0 aliphatic carbocycles. The Labute approximate surface area is 122 Å². The molecule has 0 aliphatic heterocycles. The maximum atomic E-state index is 13.4. The van der Waals surface area contributed by atoms with Crippen molar-refractivity contribution in [3.63, 3.8) is 0 Å². The third-order valence-electron chi connectivity index (χ3n) is 3.03. The summed E-state index contributed by atoms with van der Waals surface area (Å²) in [6, 6.07) is 5.68. The molecule has 0 spiro atoms. The first-order valence-electron chi connectivity index (χ1n) is 5.57. The lowest BCUT2D eigenvalue weighted by molar-refractivity contribution is -0.290. The van der Waals surface area contributed by atoms with Crippen molar-refractivity contribution in [1.82, 2.24) is 0 Å². The van der Waals surface area contributed by atoms with Crippen LogP contribution in [0, 0.1) is 0 Å². The Kier molecular flexibility index (Phi) is 4.70. The van der Waals surface area contributed by atoms with Crippen molar-refractivity contribution in [2.24, 2.45) is 5.73 Å². The Morgan fingerprint density at radius 3 is 2.10 bits per heavy atom. The van der Waals surface area contributed by atoms with Gasteiger partial charge in [0.1, 0.15) is 11.8 Å². The minimum absolute atomic E-state index is 0. The summed E-state index contributed by atoms with van der Waals surface area (Å²) in [6.07, 6.45) is -5.80. The van der Waals surface area contributed by atoms with Gasteiger partial charge in [0.25, 0.3) is 0 Å². The van der Waals surface area contributed by atoms with Gasteiger partial charge in [-0.15, -0.1) is 12.4 Å². The fourth-order valence-corrected chi connectivity index (χ4v) is 1.97. The first-order chi connectivity index (χ1) is 9.16. The van der Waals surface area contributed by atoms with Crippen LogP contribution < -0.4 is 5.73 Å². The summed E-state index contributed by atoms with van der Waals surface area (Å²) < 4.78 is 63.9. The van der Waals surface area contributed by atoms with Crippen LogP contribution in [0.1, 0.15) is 11.6 Å². The van der Waals surface area contributed by atoms with Crippen molar-refractivity contribution in [3.05, 3.63) is 42.0 Å². The lowest BCUT2D eigenvalue weighted by atomic mass is 9.94. The molecule has 2 rings (SSSR count). The van der Waals surface area contributed by atoms with Gasteiger partial charge in [0.2, 0.25) is 0 Å². The van der Waals surface area contributed by atoms with Crippen molar-refractivity contribution in [3.8, 4) is 5.75 Å². The lowest BCUT2D eigenvalue weighted by Gasteiger charge is -2.27. The topological polar surface area (TPSA) is 46.2 Å². The second-order valence-electron chi connectivity index (χ2n) is 4.32. The smallest absolute Gasteiger partial charge is 0.455 e. The highest BCUT2D eigenvalue weighted by atomic mass is 35.5. The highest BCUT2D eigenvalue weighted by Crippen LogP contribution is 2.46. The number of alkyl halides is 5. The zero-order valence-corrected chi connectivity index (χ0v) is 11.2. The highest BCUT2D eigenvalue weighted by molar-refractivity contribution is 5.88. The molecule has 8 heteroatoms. The summed E-state index contributed by atoms with van der Waals surface area (Å²) in [6.45, 7) is 0. The maximum Gasteiger partial charge on any atom is 0.455 e. The largest absolute Gasteiger partial charge is 0.508 e. The van der Waals surface area contributed by atoms with Crippen molar-refractivity contribution < 1.29 is 27.1 Å². The van der Waals surface area contributed by atoms with Gasteiger partial charge >= 0.3 is 12.1 Å². The minimum atomic E-state index is -5.80. The van der Waals surface area contributed by atoms with E-state index in [0.29, 0.717) is 5.39 Å². The van der Waals surface area contributed by atoms with Crippen LogP contribution in [0.3, 0.4) is 0 Å². The zero-order chi connectivity index (χ0) is 15.1. The summed E-state index contributed by atoms with van der Waals surface area (Å²) in [5.74, 6) is -5.84. The van der Waals surface area contributed by atoms with Crippen LogP contribution in [-0.4, -0.2) is 17.2 Å². The highest BCUT2D eigenvalue weighted by Gasteiger charge is 2.62. The fourth-order valence-electron chi connectivity index (χ4n) is 1.97. The normalized spacial score (nSPS) is 13.8. The van der Waals surface area contributed by atoms with Gasteiger partial charge in [-0.2, -0.15) is 22.0 Å². The van der Waals surface area contributed by atoms with Crippen LogP contribution in [0.25, 0.3) is 10.8 Å². The SMILES string of the molecule is Cl.N[C@H](c1c(O)ccc2ccccc12)C(F)(F)C(F)(F)F. The van der Waals surface area contributed by atoms with E-state index in [0.717, 1.165) is 6.07 Å². The van der Waals surface area contributed by atoms with Crippen molar-refractivity contribution >= 4 is 23.2 Å². The van der Waals surface area contributed by atoms with Gasteiger partial charge in [0.15, 0.2) is 0 Å². The average molecular weight is 328 g/mol. The number of hydrogen-bond donors (Lipinski definition) is 2.